The normalized spacial score (nSPS) is 15.3. The number of nitrogens with one attached hydrogen (secondary N) is 1. The van der Waals surface area contributed by atoms with E-state index >= 15 is 0 Å². The van der Waals surface area contributed by atoms with Crippen molar-refractivity contribution in [3.05, 3.63) is 53.3 Å². The number of anilines is 1. The molecule has 1 aliphatic heterocycles. The summed E-state index contributed by atoms with van der Waals surface area (Å²) >= 11 is 0. The molecule has 0 aromatic heterocycles. The number of benzene rings is 2. The van der Waals surface area contributed by atoms with Gasteiger partial charge in [0.15, 0.2) is 11.6 Å². The summed E-state index contributed by atoms with van der Waals surface area (Å²) in [5.74, 6) is -0.851. The molecule has 0 aliphatic carbocycles. The van der Waals surface area contributed by atoms with Crippen LogP contribution in [0.1, 0.15) is 42.7 Å². The molecule has 1 heterocycles. The number of hydrogen-bond donors (Lipinski definition) is 1. The molecule has 1 aliphatic rings. The lowest BCUT2D eigenvalue weighted by Crippen LogP contribution is -2.38. The number of carbonyl (C=O) groups is 1. The summed E-state index contributed by atoms with van der Waals surface area (Å²) in [7, 11) is -2.37. The van der Waals surface area contributed by atoms with Crippen molar-refractivity contribution in [2.45, 2.75) is 31.7 Å². The Balaban J connectivity index is 1.97. The lowest BCUT2D eigenvalue weighted by atomic mass is 10.1. The highest BCUT2D eigenvalue weighted by Crippen LogP contribution is 2.28. The molecular weight excluding hydrogens is 461 g/mol. The third-order valence-electron chi connectivity index (χ3n) is 5.93. The first-order chi connectivity index (χ1) is 16.2. The van der Waals surface area contributed by atoms with Crippen molar-refractivity contribution in [3.8, 4) is 5.75 Å². The highest BCUT2D eigenvalue weighted by Gasteiger charge is 2.27. The molecule has 2 aromatic carbocycles. The van der Waals surface area contributed by atoms with E-state index in [2.05, 4.69) is 5.32 Å². The maximum absolute atomic E-state index is 14.2. The summed E-state index contributed by atoms with van der Waals surface area (Å²) in [5.41, 5.74) is 1.44. The fourth-order valence-corrected chi connectivity index (χ4v) is 5.44. The van der Waals surface area contributed by atoms with Crippen LogP contribution in [0.5, 0.6) is 5.75 Å². The zero-order valence-corrected chi connectivity index (χ0v) is 20.8. The van der Waals surface area contributed by atoms with Gasteiger partial charge in [-0.15, -0.1) is 0 Å². The molecule has 1 amide bonds. The predicted molar refractivity (Wildman–Crippen MR) is 128 cm³/mol. The maximum Gasteiger partial charge on any atom is 0.253 e. The Morgan fingerprint density at radius 3 is 2.44 bits per heavy atom. The number of nitrogens with zero attached hydrogens (tertiary/aromatic N) is 2. The molecule has 2 aromatic rings. The van der Waals surface area contributed by atoms with E-state index in [1.807, 2.05) is 4.90 Å². The average Bonchev–Trinajstić information content (AvgIpc) is 2.84. The zero-order valence-electron chi connectivity index (χ0n) is 20.0. The predicted octanol–water partition coefficient (Wildman–Crippen LogP) is 3.19. The minimum atomic E-state index is -3.75. The molecule has 186 valence electrons. The van der Waals surface area contributed by atoms with Crippen molar-refractivity contribution in [2.24, 2.45) is 0 Å². The summed E-state index contributed by atoms with van der Waals surface area (Å²) in [6.45, 7) is 8.13. The van der Waals surface area contributed by atoms with E-state index in [1.165, 1.54) is 35.7 Å². The van der Waals surface area contributed by atoms with E-state index in [-0.39, 0.29) is 16.2 Å². The van der Waals surface area contributed by atoms with E-state index < -0.39 is 27.8 Å². The minimum Gasteiger partial charge on any atom is -0.494 e. The van der Waals surface area contributed by atoms with Crippen molar-refractivity contribution >= 4 is 21.6 Å². The lowest BCUT2D eigenvalue weighted by molar-refractivity contribution is 0.0938. The third kappa shape index (κ3) is 5.51. The average molecular weight is 494 g/mol. The Morgan fingerprint density at radius 2 is 1.85 bits per heavy atom. The van der Waals surface area contributed by atoms with E-state index in [0.29, 0.717) is 50.6 Å². The molecule has 1 saturated heterocycles. The Bertz CT molecular complexity index is 1120. The number of hydrogen-bond acceptors (Lipinski definition) is 6. The van der Waals surface area contributed by atoms with Crippen LogP contribution in [0.4, 0.5) is 10.1 Å². The van der Waals surface area contributed by atoms with Crippen LogP contribution in [0.25, 0.3) is 0 Å². The molecule has 8 nitrogen and oxygen atoms in total. The standard InChI is InChI=1S/C24H32FN3O5S/c1-5-28(6-2)34(30,31)19-8-9-22(27-11-13-33-14-12-27)20(16-19)24(29)26-17(3)18-7-10-23(32-4)21(25)15-18/h7-10,15-17H,5-6,11-14H2,1-4H3,(H,26,29)/t17-/m1/s1. The van der Waals surface area contributed by atoms with Crippen LogP contribution in [0.3, 0.4) is 0 Å². The van der Waals surface area contributed by atoms with Crippen molar-refractivity contribution in [1.29, 1.82) is 0 Å². The van der Waals surface area contributed by atoms with Crippen LogP contribution in [0.2, 0.25) is 0 Å². The molecule has 1 fully saturated rings. The first kappa shape index (κ1) is 25.9. The number of morpholine rings is 1. The summed E-state index contributed by atoms with van der Waals surface area (Å²) in [4.78, 5) is 15.5. The summed E-state index contributed by atoms with van der Waals surface area (Å²) in [6.07, 6.45) is 0. The second-order valence-electron chi connectivity index (χ2n) is 7.96. The van der Waals surface area contributed by atoms with E-state index in [9.17, 15) is 17.6 Å². The molecule has 0 radical (unpaired) electrons. The van der Waals surface area contributed by atoms with Crippen LogP contribution in [-0.4, -0.2) is 65.1 Å². The minimum absolute atomic E-state index is 0.0569. The van der Waals surface area contributed by atoms with Crippen LogP contribution in [0, 0.1) is 5.82 Å². The van der Waals surface area contributed by atoms with E-state index in [0.717, 1.165) is 0 Å². The topological polar surface area (TPSA) is 88.2 Å². The van der Waals surface area contributed by atoms with Gasteiger partial charge in [0.2, 0.25) is 10.0 Å². The SMILES string of the molecule is CCN(CC)S(=O)(=O)c1ccc(N2CCOCC2)c(C(=O)N[C@H](C)c2ccc(OC)c(F)c2)c1. The lowest BCUT2D eigenvalue weighted by Gasteiger charge is -2.31. The van der Waals surface area contributed by atoms with Gasteiger partial charge >= 0.3 is 0 Å². The highest BCUT2D eigenvalue weighted by atomic mass is 32.2. The molecule has 34 heavy (non-hydrogen) atoms. The molecule has 1 N–H and O–H groups in total. The Labute approximate surface area is 200 Å². The van der Waals surface area contributed by atoms with Crippen molar-refractivity contribution in [2.75, 3.05) is 51.4 Å². The monoisotopic (exact) mass is 493 g/mol. The van der Waals surface area contributed by atoms with Crippen molar-refractivity contribution < 1.29 is 27.1 Å². The summed E-state index contributed by atoms with van der Waals surface area (Å²) in [6, 6.07) is 8.61. The summed E-state index contributed by atoms with van der Waals surface area (Å²) in [5, 5.41) is 2.88. The number of methoxy groups -OCH3 is 1. The number of carbonyl (C=O) groups excluding carboxylic acids is 1. The van der Waals surface area contributed by atoms with Gasteiger partial charge in [-0.05, 0) is 42.8 Å². The molecule has 3 rings (SSSR count). The number of halogens is 1. The maximum atomic E-state index is 14.2. The molecule has 0 bridgehead atoms. The molecular formula is C24H32FN3O5S. The van der Waals surface area contributed by atoms with Gasteiger partial charge < -0.3 is 19.7 Å². The Kier molecular flexibility index (Phi) is 8.51. The van der Waals surface area contributed by atoms with Gasteiger partial charge in [-0.3, -0.25) is 4.79 Å². The van der Waals surface area contributed by atoms with Crippen molar-refractivity contribution in [3.63, 3.8) is 0 Å². The quantitative estimate of drug-likeness (QED) is 0.577. The first-order valence-corrected chi connectivity index (χ1v) is 12.8. The van der Waals surface area contributed by atoms with Gasteiger partial charge in [0.1, 0.15) is 0 Å². The van der Waals surface area contributed by atoms with E-state index in [1.54, 1.807) is 32.9 Å². The number of rotatable bonds is 9. The van der Waals surface area contributed by atoms with Crippen molar-refractivity contribution in [1.82, 2.24) is 9.62 Å². The smallest absolute Gasteiger partial charge is 0.253 e. The molecule has 1 atom stereocenters. The number of amides is 1. The van der Waals surface area contributed by atoms with Gasteiger partial charge in [-0.1, -0.05) is 19.9 Å². The molecule has 0 unspecified atom stereocenters. The highest BCUT2D eigenvalue weighted by molar-refractivity contribution is 7.89. The number of ether oxygens (including phenoxy) is 2. The van der Waals surface area contributed by atoms with Gasteiger partial charge in [0.05, 0.1) is 36.8 Å². The van der Waals surface area contributed by atoms with Gasteiger partial charge in [-0.2, -0.15) is 4.31 Å². The summed E-state index contributed by atoms with van der Waals surface area (Å²) < 4.78 is 52.1. The van der Waals surface area contributed by atoms with Crippen LogP contribution in [-0.2, 0) is 14.8 Å². The molecule has 0 saturated carbocycles. The second-order valence-corrected chi connectivity index (χ2v) is 9.89. The third-order valence-corrected chi connectivity index (χ3v) is 7.98. The fourth-order valence-electron chi connectivity index (χ4n) is 3.96. The van der Waals surface area contributed by atoms with E-state index in [4.69, 9.17) is 9.47 Å². The second kappa shape index (κ2) is 11.2. The van der Waals surface area contributed by atoms with Gasteiger partial charge in [0, 0.05) is 31.9 Å². The molecule has 0 spiro atoms. The Morgan fingerprint density at radius 1 is 1.18 bits per heavy atom. The first-order valence-electron chi connectivity index (χ1n) is 11.3. The van der Waals surface area contributed by atoms with Crippen LogP contribution >= 0.6 is 0 Å². The van der Waals surface area contributed by atoms with Gasteiger partial charge in [-0.25, -0.2) is 12.8 Å². The Hall–Kier alpha value is -2.69. The van der Waals surface area contributed by atoms with Crippen LogP contribution in [0.15, 0.2) is 41.3 Å². The van der Waals surface area contributed by atoms with Gasteiger partial charge in [0.25, 0.3) is 5.91 Å². The van der Waals surface area contributed by atoms with Crippen LogP contribution < -0.4 is 15.0 Å². The largest absolute Gasteiger partial charge is 0.494 e. The number of sulfonamides is 1. The molecule has 10 heteroatoms. The fraction of sp³-hybridized carbons (Fsp3) is 0.458. The zero-order chi connectivity index (χ0) is 24.9.